The molecule has 154 valence electrons. The molecule has 3 rings (SSSR count). The Morgan fingerprint density at radius 2 is 1.59 bits per heavy atom. The molecule has 1 N–H and O–H groups in total. The van der Waals surface area contributed by atoms with Gasteiger partial charge in [0.25, 0.3) is 5.56 Å². The van der Waals surface area contributed by atoms with Crippen molar-refractivity contribution in [2.45, 2.75) is 13.1 Å². The van der Waals surface area contributed by atoms with E-state index in [1.54, 1.807) is 33.5 Å². The van der Waals surface area contributed by atoms with Gasteiger partial charge in [0.2, 0.25) is 0 Å². The number of aromatic amines is 1. The van der Waals surface area contributed by atoms with E-state index in [9.17, 15) is 4.79 Å². The van der Waals surface area contributed by atoms with Crippen molar-refractivity contribution in [2.75, 3.05) is 35.5 Å². The minimum atomic E-state index is -0.221. The van der Waals surface area contributed by atoms with Crippen LogP contribution < -0.4 is 24.5 Å². The summed E-state index contributed by atoms with van der Waals surface area (Å²) in [5.74, 6) is 3.06. The van der Waals surface area contributed by atoms with E-state index in [1.165, 1.54) is 7.11 Å². The van der Waals surface area contributed by atoms with E-state index in [2.05, 4.69) is 9.97 Å². The van der Waals surface area contributed by atoms with Crippen LogP contribution in [0.2, 0.25) is 0 Å². The van der Waals surface area contributed by atoms with Crippen LogP contribution in [0.3, 0.4) is 0 Å². The van der Waals surface area contributed by atoms with Gasteiger partial charge in [-0.1, -0.05) is 6.07 Å². The van der Waals surface area contributed by atoms with E-state index in [-0.39, 0.29) is 5.56 Å². The Morgan fingerprint density at radius 3 is 2.24 bits per heavy atom. The molecular formula is C21H25N3O5. The third kappa shape index (κ3) is 4.43. The molecule has 0 aliphatic heterocycles. The van der Waals surface area contributed by atoms with Crippen LogP contribution in [0, 0.1) is 0 Å². The first-order chi connectivity index (χ1) is 14.0. The van der Waals surface area contributed by atoms with Crippen LogP contribution in [0.5, 0.6) is 23.0 Å². The van der Waals surface area contributed by atoms with E-state index in [0.717, 1.165) is 17.1 Å². The summed E-state index contributed by atoms with van der Waals surface area (Å²) in [6.07, 6.45) is 0. The van der Waals surface area contributed by atoms with Crippen molar-refractivity contribution < 1.29 is 18.9 Å². The molecule has 0 spiro atoms. The highest BCUT2D eigenvalue weighted by Gasteiger charge is 2.13. The number of benzene rings is 2. The quantitative estimate of drug-likeness (QED) is 0.623. The molecule has 1 heterocycles. The van der Waals surface area contributed by atoms with Crippen LogP contribution in [0.1, 0.15) is 11.4 Å². The number of aromatic nitrogens is 2. The molecule has 8 heteroatoms. The van der Waals surface area contributed by atoms with Gasteiger partial charge in [-0.05, 0) is 19.2 Å². The lowest BCUT2D eigenvalue weighted by Gasteiger charge is -2.18. The highest BCUT2D eigenvalue weighted by atomic mass is 16.5. The number of hydrogen-bond acceptors (Lipinski definition) is 7. The maximum absolute atomic E-state index is 12.5. The summed E-state index contributed by atoms with van der Waals surface area (Å²) in [5.41, 5.74) is 1.34. The maximum atomic E-state index is 12.5. The van der Waals surface area contributed by atoms with Gasteiger partial charge in [0.15, 0.2) is 11.5 Å². The molecule has 1 aromatic heterocycles. The molecule has 0 aliphatic rings. The third-order valence-corrected chi connectivity index (χ3v) is 4.61. The topological polar surface area (TPSA) is 85.9 Å². The molecule has 0 aliphatic carbocycles. The smallest absolute Gasteiger partial charge is 0.258 e. The summed E-state index contributed by atoms with van der Waals surface area (Å²) in [6, 6.07) is 9.04. The SMILES string of the molecule is COc1ccc(CN(C)Cc2nc3cc(OC)c(OC)cc3c(=O)[nH]2)c(OC)c1. The Balaban J connectivity index is 1.85. The largest absolute Gasteiger partial charge is 0.497 e. The Hall–Kier alpha value is -3.26. The molecule has 0 unspecified atom stereocenters. The van der Waals surface area contributed by atoms with Crippen molar-refractivity contribution in [1.29, 1.82) is 0 Å². The van der Waals surface area contributed by atoms with Crippen LogP contribution in [-0.2, 0) is 13.1 Å². The molecule has 29 heavy (non-hydrogen) atoms. The van der Waals surface area contributed by atoms with E-state index in [0.29, 0.717) is 41.3 Å². The van der Waals surface area contributed by atoms with Gasteiger partial charge in [-0.25, -0.2) is 4.98 Å². The molecule has 0 fully saturated rings. The Morgan fingerprint density at radius 1 is 0.897 bits per heavy atom. The summed E-state index contributed by atoms with van der Waals surface area (Å²) in [6.45, 7) is 1.07. The zero-order valence-corrected chi connectivity index (χ0v) is 17.2. The second-order valence-corrected chi connectivity index (χ2v) is 6.59. The van der Waals surface area contributed by atoms with Gasteiger partial charge in [-0.2, -0.15) is 0 Å². The lowest BCUT2D eigenvalue weighted by Crippen LogP contribution is -2.22. The van der Waals surface area contributed by atoms with E-state index < -0.39 is 0 Å². The van der Waals surface area contributed by atoms with Crippen LogP contribution in [0.4, 0.5) is 0 Å². The number of fused-ring (bicyclic) bond motifs is 1. The standard InChI is InChI=1S/C21H25N3O5/c1-24(11-13-6-7-14(26-2)8-17(13)27-3)12-20-22-16-10-19(29-5)18(28-4)9-15(16)21(25)23-20/h6-10H,11-12H2,1-5H3,(H,22,23,25). The average molecular weight is 399 g/mol. The fourth-order valence-corrected chi connectivity index (χ4v) is 3.17. The summed E-state index contributed by atoms with van der Waals surface area (Å²) < 4.78 is 21.3. The Bertz CT molecular complexity index is 1060. The minimum Gasteiger partial charge on any atom is -0.497 e. The molecule has 0 bridgehead atoms. The van der Waals surface area contributed by atoms with Crippen molar-refractivity contribution in [1.82, 2.24) is 14.9 Å². The molecule has 0 atom stereocenters. The number of H-pyrrole nitrogens is 1. The zero-order valence-electron chi connectivity index (χ0n) is 17.2. The zero-order chi connectivity index (χ0) is 21.0. The Kier molecular flexibility index (Phi) is 6.23. The molecule has 0 radical (unpaired) electrons. The second kappa shape index (κ2) is 8.83. The summed E-state index contributed by atoms with van der Waals surface area (Å²) >= 11 is 0. The molecule has 0 amide bonds. The fourth-order valence-electron chi connectivity index (χ4n) is 3.17. The summed E-state index contributed by atoms with van der Waals surface area (Å²) in [4.78, 5) is 22.0. The second-order valence-electron chi connectivity index (χ2n) is 6.59. The normalized spacial score (nSPS) is 11.0. The minimum absolute atomic E-state index is 0.221. The number of rotatable bonds is 8. The summed E-state index contributed by atoms with van der Waals surface area (Å²) in [7, 11) is 8.27. The number of nitrogens with zero attached hydrogens (tertiary/aromatic N) is 2. The number of hydrogen-bond donors (Lipinski definition) is 1. The molecule has 8 nitrogen and oxygen atoms in total. The lowest BCUT2D eigenvalue weighted by molar-refractivity contribution is 0.302. The van der Waals surface area contributed by atoms with Crippen LogP contribution in [0.25, 0.3) is 10.9 Å². The fraction of sp³-hybridized carbons (Fsp3) is 0.333. The van der Waals surface area contributed by atoms with Gasteiger partial charge >= 0.3 is 0 Å². The number of nitrogens with one attached hydrogen (secondary N) is 1. The first-order valence-electron chi connectivity index (χ1n) is 9.03. The molecule has 0 saturated carbocycles. The molecule has 0 saturated heterocycles. The van der Waals surface area contributed by atoms with Crippen molar-refractivity contribution in [3.05, 3.63) is 52.1 Å². The van der Waals surface area contributed by atoms with Gasteiger partial charge in [0.1, 0.15) is 17.3 Å². The monoisotopic (exact) mass is 399 g/mol. The van der Waals surface area contributed by atoms with Gasteiger partial charge in [-0.15, -0.1) is 0 Å². The lowest BCUT2D eigenvalue weighted by atomic mass is 10.1. The first kappa shape index (κ1) is 20.5. The predicted molar refractivity (Wildman–Crippen MR) is 110 cm³/mol. The maximum Gasteiger partial charge on any atom is 0.258 e. The van der Waals surface area contributed by atoms with Crippen molar-refractivity contribution in [3.63, 3.8) is 0 Å². The van der Waals surface area contributed by atoms with Gasteiger partial charge in [0.05, 0.1) is 45.9 Å². The third-order valence-electron chi connectivity index (χ3n) is 4.61. The van der Waals surface area contributed by atoms with Crippen LogP contribution in [-0.4, -0.2) is 50.4 Å². The van der Waals surface area contributed by atoms with Crippen LogP contribution in [0.15, 0.2) is 35.1 Å². The highest BCUT2D eigenvalue weighted by molar-refractivity contribution is 5.81. The van der Waals surface area contributed by atoms with E-state index in [1.807, 2.05) is 30.1 Å². The van der Waals surface area contributed by atoms with E-state index in [4.69, 9.17) is 18.9 Å². The van der Waals surface area contributed by atoms with Crippen molar-refractivity contribution in [3.8, 4) is 23.0 Å². The number of methoxy groups -OCH3 is 4. The van der Waals surface area contributed by atoms with Crippen molar-refractivity contribution >= 4 is 10.9 Å². The average Bonchev–Trinajstić information content (AvgIpc) is 2.73. The Labute approximate surface area is 169 Å². The highest BCUT2D eigenvalue weighted by Crippen LogP contribution is 2.30. The van der Waals surface area contributed by atoms with E-state index >= 15 is 0 Å². The van der Waals surface area contributed by atoms with Gasteiger partial charge in [-0.3, -0.25) is 9.69 Å². The predicted octanol–water partition coefficient (Wildman–Crippen LogP) is 2.59. The van der Waals surface area contributed by atoms with Gasteiger partial charge in [0, 0.05) is 24.2 Å². The van der Waals surface area contributed by atoms with Crippen LogP contribution >= 0.6 is 0 Å². The summed E-state index contributed by atoms with van der Waals surface area (Å²) in [5, 5.41) is 0.450. The van der Waals surface area contributed by atoms with Crippen molar-refractivity contribution in [2.24, 2.45) is 0 Å². The first-order valence-corrected chi connectivity index (χ1v) is 9.03. The molecule has 2 aromatic carbocycles. The molecule has 3 aromatic rings. The van der Waals surface area contributed by atoms with Gasteiger partial charge < -0.3 is 23.9 Å². The number of ether oxygens (including phenoxy) is 4. The molecular weight excluding hydrogens is 374 g/mol.